The van der Waals surface area contributed by atoms with E-state index in [9.17, 15) is 0 Å². The third kappa shape index (κ3) is 1.37. The Balaban J connectivity index is 2.24. The summed E-state index contributed by atoms with van der Waals surface area (Å²) in [5.41, 5.74) is 2.03. The highest BCUT2D eigenvalue weighted by atomic mass is 16.3. The summed E-state index contributed by atoms with van der Waals surface area (Å²) in [6.45, 7) is 2.01. The number of hydrogen-bond donors (Lipinski definition) is 0. The number of aromatic nitrogens is 2. The largest absolute Gasteiger partial charge is 0.445 e. The Morgan fingerprint density at radius 3 is 2.81 bits per heavy atom. The van der Waals surface area contributed by atoms with Gasteiger partial charge in [-0.25, -0.2) is 4.98 Å². The summed E-state index contributed by atoms with van der Waals surface area (Å²) in [4.78, 5) is 8.39. The van der Waals surface area contributed by atoms with E-state index >= 15 is 0 Å². The molecule has 0 spiro atoms. The number of aryl methyl sites for hydroxylation is 1. The standard InChI is InChI=1S/C13H10N2O/c1-9-12-3-2-11(13-15-6-7-16-13)8-10(12)4-5-14-9/h2-8H,1H3. The molecular formula is C13H10N2O. The van der Waals surface area contributed by atoms with Crippen molar-refractivity contribution in [2.45, 2.75) is 6.92 Å². The summed E-state index contributed by atoms with van der Waals surface area (Å²) in [5, 5.41) is 2.32. The van der Waals surface area contributed by atoms with Crippen LogP contribution in [0.1, 0.15) is 5.69 Å². The van der Waals surface area contributed by atoms with Crippen molar-refractivity contribution in [2.75, 3.05) is 0 Å². The number of nitrogens with zero attached hydrogens (tertiary/aromatic N) is 2. The third-order valence-electron chi connectivity index (χ3n) is 2.64. The van der Waals surface area contributed by atoms with Crippen LogP contribution in [0.4, 0.5) is 0 Å². The average Bonchev–Trinajstić information content (AvgIpc) is 2.82. The minimum absolute atomic E-state index is 0.649. The summed E-state index contributed by atoms with van der Waals surface area (Å²) in [6.07, 6.45) is 5.05. The van der Waals surface area contributed by atoms with E-state index in [0.29, 0.717) is 5.89 Å². The second-order valence-electron chi connectivity index (χ2n) is 3.67. The van der Waals surface area contributed by atoms with Gasteiger partial charge in [-0.1, -0.05) is 6.07 Å². The van der Waals surface area contributed by atoms with Crippen LogP contribution in [0.15, 0.2) is 47.3 Å². The number of pyridine rings is 1. The van der Waals surface area contributed by atoms with Gasteiger partial charge in [0, 0.05) is 22.8 Å². The Labute approximate surface area is 92.8 Å². The molecule has 0 saturated carbocycles. The molecule has 0 bridgehead atoms. The summed E-state index contributed by atoms with van der Waals surface area (Å²) in [7, 11) is 0. The smallest absolute Gasteiger partial charge is 0.225 e. The Hall–Kier alpha value is -2.16. The first kappa shape index (κ1) is 9.09. The summed E-state index contributed by atoms with van der Waals surface area (Å²) >= 11 is 0. The maximum absolute atomic E-state index is 5.27. The molecular weight excluding hydrogens is 200 g/mol. The molecule has 3 heteroatoms. The van der Waals surface area contributed by atoms with Gasteiger partial charge in [-0.2, -0.15) is 0 Å². The van der Waals surface area contributed by atoms with E-state index < -0.39 is 0 Å². The zero-order chi connectivity index (χ0) is 11.0. The third-order valence-corrected chi connectivity index (χ3v) is 2.64. The minimum atomic E-state index is 0.649. The molecule has 0 N–H and O–H groups in total. The van der Waals surface area contributed by atoms with Crippen molar-refractivity contribution in [3.05, 3.63) is 48.6 Å². The molecule has 78 valence electrons. The molecule has 0 aliphatic rings. The fraction of sp³-hybridized carbons (Fsp3) is 0.0769. The highest BCUT2D eigenvalue weighted by molar-refractivity contribution is 5.87. The Morgan fingerprint density at radius 2 is 2.00 bits per heavy atom. The number of fused-ring (bicyclic) bond motifs is 1. The normalized spacial score (nSPS) is 10.8. The van der Waals surface area contributed by atoms with E-state index in [1.165, 1.54) is 0 Å². The zero-order valence-electron chi connectivity index (χ0n) is 8.84. The van der Waals surface area contributed by atoms with Gasteiger partial charge >= 0.3 is 0 Å². The van der Waals surface area contributed by atoms with Crippen LogP contribution in [-0.2, 0) is 0 Å². The predicted octanol–water partition coefficient (Wildman–Crippen LogP) is 3.20. The van der Waals surface area contributed by atoms with E-state index in [-0.39, 0.29) is 0 Å². The first-order chi connectivity index (χ1) is 7.84. The van der Waals surface area contributed by atoms with Gasteiger partial charge in [-0.05, 0) is 30.5 Å². The van der Waals surface area contributed by atoms with Crippen LogP contribution in [0.3, 0.4) is 0 Å². The van der Waals surface area contributed by atoms with Gasteiger partial charge < -0.3 is 4.42 Å². The summed E-state index contributed by atoms with van der Waals surface area (Å²) < 4.78 is 5.27. The Bertz CT molecular complexity index is 629. The van der Waals surface area contributed by atoms with Crippen LogP contribution in [0, 0.1) is 6.92 Å². The highest BCUT2D eigenvalue weighted by Crippen LogP contribution is 2.23. The first-order valence-corrected chi connectivity index (χ1v) is 5.10. The van der Waals surface area contributed by atoms with Gasteiger partial charge in [-0.3, -0.25) is 4.98 Å². The second-order valence-corrected chi connectivity index (χ2v) is 3.67. The molecule has 1 aromatic carbocycles. The molecule has 0 amide bonds. The lowest BCUT2D eigenvalue weighted by Crippen LogP contribution is -1.84. The van der Waals surface area contributed by atoms with Gasteiger partial charge in [0.25, 0.3) is 0 Å². The fourth-order valence-electron chi connectivity index (χ4n) is 1.83. The van der Waals surface area contributed by atoms with Gasteiger partial charge in [0.2, 0.25) is 5.89 Å². The quantitative estimate of drug-likeness (QED) is 0.619. The van der Waals surface area contributed by atoms with Crippen molar-refractivity contribution in [3.8, 4) is 11.5 Å². The molecule has 2 heterocycles. The molecule has 16 heavy (non-hydrogen) atoms. The lowest BCUT2D eigenvalue weighted by molar-refractivity contribution is 0.574. The molecule has 2 aromatic heterocycles. The lowest BCUT2D eigenvalue weighted by Gasteiger charge is -2.02. The molecule has 3 rings (SSSR count). The van der Waals surface area contributed by atoms with E-state index in [2.05, 4.69) is 22.1 Å². The molecule has 0 unspecified atom stereocenters. The van der Waals surface area contributed by atoms with Crippen LogP contribution in [0.2, 0.25) is 0 Å². The van der Waals surface area contributed by atoms with E-state index in [0.717, 1.165) is 22.0 Å². The second kappa shape index (κ2) is 3.45. The Morgan fingerprint density at radius 1 is 1.06 bits per heavy atom. The molecule has 0 fully saturated rings. The fourth-order valence-corrected chi connectivity index (χ4v) is 1.83. The van der Waals surface area contributed by atoms with Crippen LogP contribution in [-0.4, -0.2) is 9.97 Å². The van der Waals surface area contributed by atoms with Crippen molar-refractivity contribution in [1.29, 1.82) is 0 Å². The van der Waals surface area contributed by atoms with E-state index in [1.807, 2.05) is 25.3 Å². The summed E-state index contributed by atoms with van der Waals surface area (Å²) in [6, 6.07) is 8.12. The van der Waals surface area contributed by atoms with Crippen LogP contribution in [0.5, 0.6) is 0 Å². The lowest BCUT2D eigenvalue weighted by atomic mass is 10.1. The first-order valence-electron chi connectivity index (χ1n) is 5.10. The van der Waals surface area contributed by atoms with Gasteiger partial charge in [0.15, 0.2) is 0 Å². The predicted molar refractivity (Wildman–Crippen MR) is 62.0 cm³/mol. The van der Waals surface area contributed by atoms with Crippen molar-refractivity contribution in [2.24, 2.45) is 0 Å². The highest BCUT2D eigenvalue weighted by Gasteiger charge is 2.04. The molecule has 0 radical (unpaired) electrons. The van der Waals surface area contributed by atoms with Crippen LogP contribution >= 0.6 is 0 Å². The average molecular weight is 210 g/mol. The number of benzene rings is 1. The number of rotatable bonds is 1. The molecule has 3 nitrogen and oxygen atoms in total. The number of hydrogen-bond acceptors (Lipinski definition) is 3. The zero-order valence-corrected chi connectivity index (χ0v) is 8.84. The topological polar surface area (TPSA) is 38.9 Å². The minimum Gasteiger partial charge on any atom is -0.445 e. The van der Waals surface area contributed by atoms with E-state index in [4.69, 9.17) is 4.42 Å². The summed E-state index contributed by atoms with van der Waals surface area (Å²) in [5.74, 6) is 0.649. The Kier molecular flexibility index (Phi) is 1.96. The van der Waals surface area contributed by atoms with E-state index in [1.54, 1.807) is 12.5 Å². The maximum atomic E-state index is 5.27. The van der Waals surface area contributed by atoms with Crippen LogP contribution < -0.4 is 0 Å². The molecule has 0 aliphatic heterocycles. The monoisotopic (exact) mass is 210 g/mol. The van der Waals surface area contributed by atoms with Crippen molar-refractivity contribution in [3.63, 3.8) is 0 Å². The van der Waals surface area contributed by atoms with Crippen LogP contribution in [0.25, 0.3) is 22.2 Å². The number of oxazole rings is 1. The van der Waals surface area contributed by atoms with Gasteiger partial charge in [0.05, 0.1) is 6.20 Å². The van der Waals surface area contributed by atoms with Gasteiger partial charge in [-0.15, -0.1) is 0 Å². The SMILES string of the molecule is Cc1nccc2cc(-c3ncco3)ccc12. The van der Waals surface area contributed by atoms with Crippen molar-refractivity contribution in [1.82, 2.24) is 9.97 Å². The molecule has 0 atom stereocenters. The van der Waals surface area contributed by atoms with Crippen molar-refractivity contribution < 1.29 is 4.42 Å². The molecule has 0 aliphatic carbocycles. The molecule has 0 saturated heterocycles. The van der Waals surface area contributed by atoms with Crippen molar-refractivity contribution >= 4 is 10.8 Å². The maximum Gasteiger partial charge on any atom is 0.225 e. The molecule has 3 aromatic rings. The van der Waals surface area contributed by atoms with Gasteiger partial charge in [0.1, 0.15) is 6.26 Å².